The van der Waals surface area contributed by atoms with Crippen LogP contribution >= 0.6 is 0 Å². The SMILES string of the molecule is CS(=O)(=O)OCc1ccno1. The number of aromatic nitrogens is 1. The van der Waals surface area contributed by atoms with Crippen molar-refractivity contribution in [1.82, 2.24) is 5.16 Å². The van der Waals surface area contributed by atoms with Gasteiger partial charge in [-0.15, -0.1) is 0 Å². The fourth-order valence-electron chi connectivity index (χ4n) is 0.482. The zero-order valence-corrected chi connectivity index (χ0v) is 6.67. The van der Waals surface area contributed by atoms with Gasteiger partial charge in [-0.05, 0) is 0 Å². The average Bonchev–Trinajstić information content (AvgIpc) is 2.32. The number of hydrogen-bond acceptors (Lipinski definition) is 5. The molecule has 5 nitrogen and oxygen atoms in total. The van der Waals surface area contributed by atoms with Crippen LogP contribution in [0.3, 0.4) is 0 Å². The van der Waals surface area contributed by atoms with Gasteiger partial charge in [-0.2, -0.15) is 8.42 Å². The third kappa shape index (κ3) is 3.15. The average molecular weight is 177 g/mol. The van der Waals surface area contributed by atoms with Gasteiger partial charge in [0.15, 0.2) is 5.76 Å². The van der Waals surface area contributed by atoms with E-state index in [1.807, 2.05) is 0 Å². The quantitative estimate of drug-likeness (QED) is 0.615. The molecule has 1 heterocycles. The Labute approximate surface area is 64.1 Å². The Morgan fingerprint density at radius 1 is 1.73 bits per heavy atom. The smallest absolute Gasteiger partial charge is 0.264 e. The van der Waals surface area contributed by atoms with Crippen molar-refractivity contribution in [3.05, 3.63) is 18.0 Å². The van der Waals surface area contributed by atoms with Gasteiger partial charge in [0.2, 0.25) is 0 Å². The molecular weight excluding hydrogens is 170 g/mol. The summed E-state index contributed by atoms with van der Waals surface area (Å²) in [7, 11) is -3.39. The van der Waals surface area contributed by atoms with Gasteiger partial charge in [-0.1, -0.05) is 5.16 Å². The van der Waals surface area contributed by atoms with Gasteiger partial charge in [-0.3, -0.25) is 4.18 Å². The minimum atomic E-state index is -3.39. The molecule has 0 aromatic carbocycles. The van der Waals surface area contributed by atoms with Crippen LogP contribution in [0.15, 0.2) is 16.8 Å². The summed E-state index contributed by atoms with van der Waals surface area (Å²) in [6.07, 6.45) is 2.39. The normalized spacial score (nSPS) is 11.7. The van der Waals surface area contributed by atoms with Crippen LogP contribution in [0, 0.1) is 0 Å². The predicted octanol–water partition coefficient (Wildman–Crippen LogP) is 0.151. The highest BCUT2D eigenvalue weighted by atomic mass is 32.2. The molecule has 0 bridgehead atoms. The Morgan fingerprint density at radius 3 is 2.91 bits per heavy atom. The molecule has 1 rings (SSSR count). The summed E-state index contributed by atoms with van der Waals surface area (Å²) in [6, 6.07) is 1.53. The Hall–Kier alpha value is -0.880. The van der Waals surface area contributed by atoms with E-state index in [0.717, 1.165) is 6.26 Å². The molecule has 62 valence electrons. The molecule has 0 fully saturated rings. The third-order valence-electron chi connectivity index (χ3n) is 0.907. The second-order valence-corrected chi connectivity index (χ2v) is 3.59. The summed E-state index contributed by atoms with van der Waals surface area (Å²) in [6.45, 7) is -0.0984. The van der Waals surface area contributed by atoms with E-state index in [9.17, 15) is 8.42 Å². The standard InChI is InChI=1S/C5H7NO4S/c1-11(7,8)9-4-5-2-3-6-10-5/h2-3H,4H2,1H3. The van der Waals surface area contributed by atoms with Crippen LogP contribution in [-0.4, -0.2) is 19.8 Å². The van der Waals surface area contributed by atoms with Crippen LogP contribution in [0.25, 0.3) is 0 Å². The van der Waals surface area contributed by atoms with Crippen LogP contribution in [0.5, 0.6) is 0 Å². The number of nitrogens with zero attached hydrogens (tertiary/aromatic N) is 1. The minimum Gasteiger partial charge on any atom is -0.359 e. The highest BCUT2D eigenvalue weighted by molar-refractivity contribution is 7.85. The van der Waals surface area contributed by atoms with Crippen molar-refractivity contribution >= 4 is 10.1 Å². The first kappa shape index (κ1) is 8.22. The van der Waals surface area contributed by atoms with E-state index in [1.54, 1.807) is 0 Å². The molecule has 6 heteroatoms. The Balaban J connectivity index is 2.48. The van der Waals surface area contributed by atoms with Gasteiger partial charge in [0.05, 0.1) is 12.5 Å². The van der Waals surface area contributed by atoms with Crippen molar-refractivity contribution in [2.75, 3.05) is 6.26 Å². The predicted molar refractivity (Wildman–Crippen MR) is 36.1 cm³/mol. The third-order valence-corrected chi connectivity index (χ3v) is 1.45. The van der Waals surface area contributed by atoms with E-state index >= 15 is 0 Å². The number of hydrogen-bond donors (Lipinski definition) is 0. The molecule has 0 aliphatic carbocycles. The van der Waals surface area contributed by atoms with E-state index in [2.05, 4.69) is 13.9 Å². The van der Waals surface area contributed by atoms with E-state index < -0.39 is 10.1 Å². The maximum Gasteiger partial charge on any atom is 0.264 e. The highest BCUT2D eigenvalue weighted by Crippen LogP contribution is 2.00. The topological polar surface area (TPSA) is 69.4 Å². The van der Waals surface area contributed by atoms with Gasteiger partial charge < -0.3 is 4.52 Å². The molecule has 0 saturated carbocycles. The Kier molecular flexibility index (Phi) is 2.25. The fraction of sp³-hybridized carbons (Fsp3) is 0.400. The second-order valence-electron chi connectivity index (χ2n) is 1.95. The van der Waals surface area contributed by atoms with Crippen LogP contribution < -0.4 is 0 Å². The monoisotopic (exact) mass is 177 g/mol. The van der Waals surface area contributed by atoms with Gasteiger partial charge in [0.25, 0.3) is 10.1 Å². The van der Waals surface area contributed by atoms with E-state index in [4.69, 9.17) is 0 Å². The maximum absolute atomic E-state index is 10.4. The highest BCUT2D eigenvalue weighted by Gasteiger charge is 2.03. The molecule has 0 N–H and O–H groups in total. The summed E-state index contributed by atoms with van der Waals surface area (Å²) in [5.41, 5.74) is 0. The van der Waals surface area contributed by atoms with Crippen molar-refractivity contribution in [2.45, 2.75) is 6.61 Å². The van der Waals surface area contributed by atoms with Crippen LogP contribution in [0.2, 0.25) is 0 Å². The lowest BCUT2D eigenvalue weighted by Crippen LogP contribution is -2.01. The van der Waals surface area contributed by atoms with Gasteiger partial charge in [-0.25, -0.2) is 0 Å². The van der Waals surface area contributed by atoms with E-state index in [1.165, 1.54) is 12.3 Å². The fourth-order valence-corrected chi connectivity index (χ4v) is 0.812. The Bertz CT molecular complexity index is 301. The maximum atomic E-state index is 10.4. The largest absolute Gasteiger partial charge is 0.359 e. The molecular formula is C5H7NO4S. The molecule has 0 saturated heterocycles. The molecule has 1 aromatic rings. The molecule has 0 unspecified atom stereocenters. The molecule has 0 aliphatic rings. The zero-order chi connectivity index (χ0) is 8.32. The molecule has 0 amide bonds. The summed E-state index contributed by atoms with van der Waals surface area (Å²) in [4.78, 5) is 0. The van der Waals surface area contributed by atoms with Gasteiger partial charge in [0.1, 0.15) is 6.61 Å². The Morgan fingerprint density at radius 2 is 2.45 bits per heavy atom. The van der Waals surface area contributed by atoms with E-state index in [0.29, 0.717) is 5.76 Å². The lowest BCUT2D eigenvalue weighted by Gasteiger charge is -1.94. The molecule has 0 aliphatic heterocycles. The van der Waals surface area contributed by atoms with Crippen molar-refractivity contribution in [3.8, 4) is 0 Å². The lowest BCUT2D eigenvalue weighted by atomic mass is 10.5. The summed E-state index contributed by atoms with van der Waals surface area (Å²) in [5, 5.41) is 3.37. The van der Waals surface area contributed by atoms with Crippen LogP contribution in [-0.2, 0) is 20.9 Å². The second kappa shape index (κ2) is 3.02. The van der Waals surface area contributed by atoms with Gasteiger partial charge in [0, 0.05) is 6.07 Å². The first-order chi connectivity index (χ1) is 5.08. The van der Waals surface area contributed by atoms with Crippen molar-refractivity contribution in [3.63, 3.8) is 0 Å². The minimum absolute atomic E-state index is 0.0984. The van der Waals surface area contributed by atoms with Crippen LogP contribution in [0.4, 0.5) is 0 Å². The van der Waals surface area contributed by atoms with Crippen molar-refractivity contribution in [2.24, 2.45) is 0 Å². The first-order valence-electron chi connectivity index (χ1n) is 2.82. The van der Waals surface area contributed by atoms with Crippen molar-refractivity contribution < 1.29 is 17.1 Å². The molecule has 1 aromatic heterocycles. The van der Waals surface area contributed by atoms with Crippen molar-refractivity contribution in [1.29, 1.82) is 0 Å². The number of rotatable bonds is 3. The zero-order valence-electron chi connectivity index (χ0n) is 5.85. The van der Waals surface area contributed by atoms with E-state index in [-0.39, 0.29) is 6.61 Å². The molecule has 0 atom stereocenters. The van der Waals surface area contributed by atoms with Gasteiger partial charge >= 0.3 is 0 Å². The lowest BCUT2D eigenvalue weighted by molar-refractivity contribution is 0.255. The summed E-state index contributed by atoms with van der Waals surface area (Å²) >= 11 is 0. The molecule has 11 heavy (non-hydrogen) atoms. The molecule has 0 spiro atoms. The summed E-state index contributed by atoms with van der Waals surface area (Å²) in [5.74, 6) is 0.385. The first-order valence-corrected chi connectivity index (χ1v) is 4.63. The van der Waals surface area contributed by atoms with Crippen LogP contribution in [0.1, 0.15) is 5.76 Å². The summed E-state index contributed by atoms with van der Waals surface area (Å²) < 4.78 is 29.9. The molecule has 0 radical (unpaired) electrons.